The fraction of sp³-hybridized carbons (Fsp3) is 0.0870. The summed E-state index contributed by atoms with van der Waals surface area (Å²) >= 11 is 13.1. The van der Waals surface area contributed by atoms with Crippen LogP contribution in [-0.4, -0.2) is 21.2 Å². The zero-order chi connectivity index (χ0) is 21.8. The van der Waals surface area contributed by atoms with Crippen LogP contribution in [0.4, 0.5) is 5.69 Å². The van der Waals surface area contributed by atoms with Crippen molar-refractivity contribution in [3.05, 3.63) is 98.8 Å². The highest BCUT2D eigenvalue weighted by atomic mass is 35.5. The van der Waals surface area contributed by atoms with Gasteiger partial charge in [0.2, 0.25) is 5.91 Å². The lowest BCUT2D eigenvalue weighted by atomic mass is 10.2. The summed E-state index contributed by atoms with van der Waals surface area (Å²) in [6.45, 7) is 0.328. The Morgan fingerprint density at radius 2 is 1.58 bits per heavy atom. The van der Waals surface area contributed by atoms with Gasteiger partial charge in [-0.05, 0) is 54.1 Å². The lowest BCUT2D eigenvalue weighted by Gasteiger charge is -2.13. The van der Waals surface area contributed by atoms with Crippen LogP contribution in [-0.2, 0) is 11.3 Å². The van der Waals surface area contributed by atoms with Gasteiger partial charge in [0, 0.05) is 15.7 Å². The van der Waals surface area contributed by atoms with Crippen molar-refractivity contribution < 1.29 is 4.79 Å². The van der Waals surface area contributed by atoms with Gasteiger partial charge in [-0.15, -0.1) is 0 Å². The van der Waals surface area contributed by atoms with Gasteiger partial charge in [-0.3, -0.25) is 14.2 Å². The lowest BCUT2D eigenvalue weighted by Crippen LogP contribution is -2.24. The predicted molar refractivity (Wildman–Crippen MR) is 127 cm³/mol. The zero-order valence-corrected chi connectivity index (χ0v) is 18.5. The summed E-state index contributed by atoms with van der Waals surface area (Å²) in [5, 5.41) is 5.05. The Hall–Kier alpha value is -2.80. The van der Waals surface area contributed by atoms with E-state index in [4.69, 9.17) is 23.2 Å². The van der Waals surface area contributed by atoms with Crippen LogP contribution in [0.5, 0.6) is 0 Å². The van der Waals surface area contributed by atoms with Gasteiger partial charge in [-0.1, -0.05) is 59.2 Å². The molecule has 8 heteroatoms. The first-order chi connectivity index (χ1) is 15.0. The van der Waals surface area contributed by atoms with Crippen molar-refractivity contribution in [1.29, 1.82) is 0 Å². The number of hydrogen-bond donors (Lipinski definition) is 1. The number of para-hydroxylation sites is 1. The number of aromatic nitrogens is 2. The van der Waals surface area contributed by atoms with E-state index in [2.05, 4.69) is 10.3 Å². The van der Waals surface area contributed by atoms with Crippen molar-refractivity contribution in [2.45, 2.75) is 11.7 Å². The van der Waals surface area contributed by atoms with E-state index in [1.807, 2.05) is 24.3 Å². The van der Waals surface area contributed by atoms with Crippen LogP contribution in [0.15, 0.2) is 82.7 Å². The molecule has 0 aliphatic rings. The van der Waals surface area contributed by atoms with E-state index in [0.29, 0.717) is 38.3 Å². The molecule has 0 fully saturated rings. The summed E-state index contributed by atoms with van der Waals surface area (Å²) in [5.41, 5.74) is 2.01. The number of benzene rings is 3. The Balaban J connectivity index is 1.60. The van der Waals surface area contributed by atoms with E-state index in [0.717, 1.165) is 5.56 Å². The third kappa shape index (κ3) is 5.28. The first-order valence-corrected chi connectivity index (χ1v) is 11.2. The molecule has 0 radical (unpaired) electrons. The van der Waals surface area contributed by atoms with Gasteiger partial charge in [-0.2, -0.15) is 0 Å². The summed E-state index contributed by atoms with van der Waals surface area (Å²) in [7, 11) is 0. The van der Waals surface area contributed by atoms with E-state index in [-0.39, 0.29) is 17.2 Å². The minimum absolute atomic E-state index is 0.105. The van der Waals surface area contributed by atoms with Gasteiger partial charge in [0.15, 0.2) is 5.16 Å². The lowest BCUT2D eigenvalue weighted by molar-refractivity contribution is -0.113. The Bertz CT molecular complexity index is 1290. The number of amides is 1. The molecular formula is C23H17Cl2N3O2S. The van der Waals surface area contributed by atoms with E-state index >= 15 is 0 Å². The maximum atomic E-state index is 13.2. The summed E-state index contributed by atoms with van der Waals surface area (Å²) in [6, 6.07) is 21.4. The van der Waals surface area contributed by atoms with Crippen molar-refractivity contribution in [1.82, 2.24) is 9.55 Å². The topological polar surface area (TPSA) is 64.0 Å². The Labute approximate surface area is 193 Å². The number of halogens is 2. The molecule has 4 aromatic rings. The largest absolute Gasteiger partial charge is 0.325 e. The summed E-state index contributed by atoms with van der Waals surface area (Å²) in [5.74, 6) is -0.0960. The second kappa shape index (κ2) is 9.56. The van der Waals surface area contributed by atoms with Crippen molar-refractivity contribution >= 4 is 57.5 Å². The summed E-state index contributed by atoms with van der Waals surface area (Å²) in [6.07, 6.45) is 0. The van der Waals surface area contributed by atoms with Crippen LogP contribution < -0.4 is 10.9 Å². The molecule has 0 atom stereocenters. The van der Waals surface area contributed by atoms with E-state index in [9.17, 15) is 9.59 Å². The maximum absolute atomic E-state index is 13.2. The second-order valence-corrected chi connectivity index (χ2v) is 8.59. The Morgan fingerprint density at radius 1 is 0.935 bits per heavy atom. The molecule has 156 valence electrons. The summed E-state index contributed by atoms with van der Waals surface area (Å²) in [4.78, 5) is 30.2. The molecule has 0 bridgehead atoms. The maximum Gasteiger partial charge on any atom is 0.262 e. The molecule has 5 nitrogen and oxygen atoms in total. The molecule has 31 heavy (non-hydrogen) atoms. The number of nitrogens with zero attached hydrogens (tertiary/aromatic N) is 2. The van der Waals surface area contributed by atoms with Crippen LogP contribution in [0.2, 0.25) is 10.0 Å². The SMILES string of the molecule is O=C(CSc1nc2ccccc2c(=O)n1Cc1ccc(Cl)cc1)Nc1ccc(Cl)cc1. The zero-order valence-electron chi connectivity index (χ0n) is 16.2. The van der Waals surface area contributed by atoms with Gasteiger partial charge < -0.3 is 5.32 Å². The number of nitrogens with one attached hydrogen (secondary N) is 1. The molecule has 1 amide bonds. The highest BCUT2D eigenvalue weighted by Gasteiger charge is 2.14. The monoisotopic (exact) mass is 469 g/mol. The fourth-order valence-electron chi connectivity index (χ4n) is 3.03. The number of anilines is 1. The average molecular weight is 470 g/mol. The van der Waals surface area contributed by atoms with Crippen molar-refractivity contribution in [2.75, 3.05) is 11.1 Å². The molecule has 1 aromatic heterocycles. The van der Waals surface area contributed by atoms with Gasteiger partial charge in [-0.25, -0.2) is 4.98 Å². The number of carbonyl (C=O) groups is 1. The molecule has 0 aliphatic heterocycles. The number of fused-ring (bicyclic) bond motifs is 1. The Kier molecular flexibility index (Phi) is 6.61. The van der Waals surface area contributed by atoms with Gasteiger partial charge >= 0.3 is 0 Å². The van der Waals surface area contributed by atoms with E-state index < -0.39 is 0 Å². The van der Waals surface area contributed by atoms with E-state index in [1.54, 1.807) is 53.1 Å². The predicted octanol–water partition coefficient (Wildman–Crippen LogP) is 5.48. The molecule has 0 saturated heterocycles. The smallest absolute Gasteiger partial charge is 0.262 e. The second-order valence-electron chi connectivity index (χ2n) is 6.77. The van der Waals surface area contributed by atoms with Gasteiger partial charge in [0.25, 0.3) is 5.56 Å². The number of carbonyl (C=O) groups excluding carboxylic acids is 1. The standard InChI is InChI=1S/C23H17Cl2N3O2S/c24-16-7-5-15(6-8-16)13-28-22(30)19-3-1-2-4-20(19)27-23(28)31-14-21(29)26-18-11-9-17(25)10-12-18/h1-12H,13-14H2,(H,26,29). The van der Waals surface area contributed by atoms with Crippen molar-refractivity contribution in [3.8, 4) is 0 Å². The normalized spacial score (nSPS) is 10.9. The molecule has 0 spiro atoms. The van der Waals surface area contributed by atoms with Crippen LogP contribution in [0.3, 0.4) is 0 Å². The molecule has 4 rings (SSSR count). The van der Waals surface area contributed by atoms with Gasteiger partial charge in [0.1, 0.15) is 0 Å². The third-order valence-electron chi connectivity index (χ3n) is 4.54. The fourth-order valence-corrected chi connectivity index (χ4v) is 4.08. The Morgan fingerprint density at radius 3 is 2.29 bits per heavy atom. The van der Waals surface area contributed by atoms with Crippen LogP contribution in [0.1, 0.15) is 5.56 Å². The highest BCUT2D eigenvalue weighted by Crippen LogP contribution is 2.20. The molecule has 0 aliphatic carbocycles. The van der Waals surface area contributed by atoms with Crippen LogP contribution >= 0.6 is 35.0 Å². The highest BCUT2D eigenvalue weighted by molar-refractivity contribution is 7.99. The van der Waals surface area contributed by atoms with Crippen molar-refractivity contribution in [2.24, 2.45) is 0 Å². The molecule has 1 N–H and O–H groups in total. The number of hydrogen-bond acceptors (Lipinski definition) is 4. The number of rotatable bonds is 6. The minimum Gasteiger partial charge on any atom is -0.325 e. The first-order valence-electron chi connectivity index (χ1n) is 9.42. The minimum atomic E-state index is -0.201. The molecule has 0 saturated carbocycles. The van der Waals surface area contributed by atoms with E-state index in [1.165, 1.54) is 11.8 Å². The molecule has 0 unspecified atom stereocenters. The van der Waals surface area contributed by atoms with Crippen LogP contribution in [0, 0.1) is 0 Å². The quantitative estimate of drug-likeness (QED) is 0.299. The van der Waals surface area contributed by atoms with Crippen molar-refractivity contribution in [3.63, 3.8) is 0 Å². The van der Waals surface area contributed by atoms with Crippen LogP contribution in [0.25, 0.3) is 10.9 Å². The first kappa shape index (κ1) is 21.4. The molecule has 3 aromatic carbocycles. The average Bonchev–Trinajstić information content (AvgIpc) is 2.77. The number of thioether (sulfide) groups is 1. The third-order valence-corrected chi connectivity index (χ3v) is 6.02. The van der Waals surface area contributed by atoms with Gasteiger partial charge in [0.05, 0.1) is 23.2 Å². The molecule has 1 heterocycles. The molecular weight excluding hydrogens is 453 g/mol. The summed E-state index contributed by atoms with van der Waals surface area (Å²) < 4.78 is 1.59.